The lowest BCUT2D eigenvalue weighted by atomic mass is 10.2. The Balaban J connectivity index is 1.69. The first-order valence-electron chi connectivity index (χ1n) is 10.5. The molecule has 3 rings (SSSR count). The third kappa shape index (κ3) is 7.88. The Bertz CT molecular complexity index is 1180. The molecule has 0 bridgehead atoms. The van der Waals surface area contributed by atoms with E-state index in [0.717, 1.165) is 29.2 Å². The molecule has 0 saturated carbocycles. The maximum Gasteiger partial charge on any atom is 0.416 e. The van der Waals surface area contributed by atoms with E-state index in [-0.39, 0.29) is 17.9 Å². The van der Waals surface area contributed by atoms with E-state index in [4.69, 9.17) is 14.6 Å². The summed E-state index contributed by atoms with van der Waals surface area (Å²) in [5.41, 5.74) is -0.335. The number of hydrogen-bond acceptors (Lipinski definition) is 4. The van der Waals surface area contributed by atoms with Gasteiger partial charge < -0.3 is 14.6 Å². The molecule has 186 valence electrons. The Hall–Kier alpha value is -3.27. The van der Waals surface area contributed by atoms with Crippen LogP contribution in [-0.2, 0) is 17.4 Å². The number of carbonyl (C=O) groups is 1. The van der Waals surface area contributed by atoms with Crippen molar-refractivity contribution >= 4 is 17.7 Å². The molecule has 3 aromatic rings. The Morgan fingerprint density at radius 2 is 1.74 bits per heavy atom. The topological polar surface area (TPSA) is 55.8 Å². The molecule has 0 spiro atoms. The highest BCUT2D eigenvalue weighted by Gasteiger charge is 2.32. The summed E-state index contributed by atoms with van der Waals surface area (Å²) in [5, 5.41) is 8.92. The molecule has 0 heterocycles. The van der Waals surface area contributed by atoms with Gasteiger partial charge in [-0.3, -0.25) is 4.79 Å². The molecule has 0 radical (unpaired) electrons. The molecule has 0 aromatic heterocycles. The van der Waals surface area contributed by atoms with Crippen molar-refractivity contribution in [3.8, 4) is 17.2 Å². The van der Waals surface area contributed by atoms with Gasteiger partial charge in [0.05, 0.1) is 18.1 Å². The van der Waals surface area contributed by atoms with Crippen LogP contribution >= 0.6 is 11.8 Å². The molecule has 1 N–H and O–H groups in total. The zero-order valence-electron chi connectivity index (χ0n) is 18.4. The summed E-state index contributed by atoms with van der Waals surface area (Å²) in [6.45, 7) is 1.72. The standard InChI is InChI=1S/C25H21F5O4S/c1-15(9-10-35-19-4-2-3-16(11-19)12-24(31)32)33-22-7-5-17(25(28,29)30)13-23(22)34-21-8-6-18(26)14-20(21)27/h2-8,11,13-15H,9-10,12H2,1H3,(H,31,32). The first-order chi connectivity index (χ1) is 16.5. The predicted octanol–water partition coefficient (Wildman–Crippen LogP) is 7.35. The number of hydrogen-bond donors (Lipinski definition) is 1. The predicted molar refractivity (Wildman–Crippen MR) is 121 cm³/mol. The molecule has 4 nitrogen and oxygen atoms in total. The van der Waals surface area contributed by atoms with E-state index >= 15 is 0 Å². The zero-order chi connectivity index (χ0) is 25.6. The van der Waals surface area contributed by atoms with Crippen LogP contribution in [0.15, 0.2) is 65.6 Å². The number of halogens is 5. The number of thioether (sulfide) groups is 1. The molecule has 1 unspecified atom stereocenters. The van der Waals surface area contributed by atoms with E-state index in [1.165, 1.54) is 11.8 Å². The Morgan fingerprint density at radius 1 is 1.00 bits per heavy atom. The second kappa shape index (κ2) is 11.4. The monoisotopic (exact) mass is 512 g/mol. The minimum absolute atomic E-state index is 0.0253. The van der Waals surface area contributed by atoms with Crippen molar-refractivity contribution in [1.29, 1.82) is 0 Å². The molecule has 0 aliphatic rings. The average Bonchev–Trinajstić information content (AvgIpc) is 2.76. The van der Waals surface area contributed by atoms with Crippen molar-refractivity contribution in [2.45, 2.75) is 36.9 Å². The van der Waals surface area contributed by atoms with Gasteiger partial charge in [-0.25, -0.2) is 8.78 Å². The van der Waals surface area contributed by atoms with Gasteiger partial charge in [0.1, 0.15) is 5.82 Å². The number of ether oxygens (including phenoxy) is 2. The van der Waals surface area contributed by atoms with Gasteiger partial charge in [0.25, 0.3) is 0 Å². The normalized spacial score (nSPS) is 12.3. The highest BCUT2D eigenvalue weighted by Crippen LogP contribution is 2.39. The number of carboxylic acid groups (broad SMARTS) is 1. The fourth-order valence-corrected chi connectivity index (χ4v) is 4.17. The fourth-order valence-electron chi connectivity index (χ4n) is 3.08. The molecular formula is C25H21F5O4S. The lowest BCUT2D eigenvalue weighted by Gasteiger charge is -2.19. The summed E-state index contributed by atoms with van der Waals surface area (Å²) in [6, 6.07) is 12.2. The Morgan fingerprint density at radius 3 is 2.43 bits per heavy atom. The SMILES string of the molecule is CC(CCSc1cccc(CC(=O)O)c1)Oc1ccc(C(F)(F)F)cc1Oc1ccc(F)cc1F. The van der Waals surface area contributed by atoms with Crippen LogP contribution in [0.4, 0.5) is 22.0 Å². The van der Waals surface area contributed by atoms with Gasteiger partial charge in [-0.05, 0) is 61.4 Å². The van der Waals surface area contributed by atoms with Crippen LogP contribution in [0.2, 0.25) is 0 Å². The molecule has 35 heavy (non-hydrogen) atoms. The van der Waals surface area contributed by atoms with E-state index in [1.54, 1.807) is 25.1 Å². The van der Waals surface area contributed by atoms with Crippen LogP contribution in [0.25, 0.3) is 0 Å². The number of alkyl halides is 3. The molecule has 0 saturated heterocycles. The first kappa shape index (κ1) is 26.3. The fraction of sp³-hybridized carbons (Fsp3) is 0.240. The third-order valence-electron chi connectivity index (χ3n) is 4.76. The minimum Gasteiger partial charge on any atom is -0.487 e. The summed E-state index contributed by atoms with van der Waals surface area (Å²) < 4.78 is 77.9. The van der Waals surface area contributed by atoms with Gasteiger partial charge in [0, 0.05) is 16.7 Å². The van der Waals surface area contributed by atoms with Crippen LogP contribution in [0.5, 0.6) is 17.2 Å². The zero-order valence-corrected chi connectivity index (χ0v) is 19.3. The van der Waals surface area contributed by atoms with Crippen molar-refractivity contribution in [3.63, 3.8) is 0 Å². The van der Waals surface area contributed by atoms with Gasteiger partial charge in [0.2, 0.25) is 0 Å². The van der Waals surface area contributed by atoms with Crippen molar-refractivity contribution < 1.29 is 41.3 Å². The van der Waals surface area contributed by atoms with E-state index in [9.17, 15) is 26.7 Å². The van der Waals surface area contributed by atoms with Gasteiger partial charge in [0.15, 0.2) is 23.1 Å². The lowest BCUT2D eigenvalue weighted by molar-refractivity contribution is -0.138. The van der Waals surface area contributed by atoms with Crippen LogP contribution in [0.3, 0.4) is 0 Å². The maximum absolute atomic E-state index is 14.0. The second-order valence-corrected chi connectivity index (χ2v) is 8.79. The van der Waals surface area contributed by atoms with Crippen LogP contribution in [0, 0.1) is 11.6 Å². The molecule has 0 aliphatic heterocycles. The van der Waals surface area contributed by atoms with E-state index in [0.29, 0.717) is 29.9 Å². The van der Waals surface area contributed by atoms with Crippen LogP contribution < -0.4 is 9.47 Å². The Kier molecular flexibility index (Phi) is 8.61. The van der Waals surface area contributed by atoms with Crippen LogP contribution in [-0.4, -0.2) is 22.9 Å². The van der Waals surface area contributed by atoms with E-state index in [1.807, 2.05) is 6.07 Å². The number of aliphatic carboxylic acids is 1. The summed E-state index contributed by atoms with van der Waals surface area (Å²) in [5.74, 6) is -3.09. The summed E-state index contributed by atoms with van der Waals surface area (Å²) >= 11 is 1.48. The molecule has 3 aromatic carbocycles. The molecule has 10 heteroatoms. The van der Waals surface area contributed by atoms with Gasteiger partial charge in [-0.1, -0.05) is 12.1 Å². The first-order valence-corrected chi connectivity index (χ1v) is 11.4. The van der Waals surface area contributed by atoms with Crippen LogP contribution in [0.1, 0.15) is 24.5 Å². The highest BCUT2D eigenvalue weighted by atomic mass is 32.2. The summed E-state index contributed by atoms with van der Waals surface area (Å²) in [7, 11) is 0. The van der Waals surface area contributed by atoms with Crippen molar-refractivity contribution in [3.05, 3.63) is 83.4 Å². The second-order valence-electron chi connectivity index (χ2n) is 7.62. The molecule has 1 atom stereocenters. The van der Waals surface area contributed by atoms with Gasteiger partial charge in [-0.2, -0.15) is 13.2 Å². The van der Waals surface area contributed by atoms with Crippen molar-refractivity contribution in [2.75, 3.05) is 5.75 Å². The number of carboxylic acids is 1. The third-order valence-corrected chi connectivity index (χ3v) is 5.79. The quantitative estimate of drug-likeness (QED) is 0.227. The largest absolute Gasteiger partial charge is 0.487 e. The molecular weight excluding hydrogens is 491 g/mol. The lowest BCUT2D eigenvalue weighted by Crippen LogP contribution is -2.14. The van der Waals surface area contributed by atoms with Gasteiger partial charge in [-0.15, -0.1) is 11.8 Å². The van der Waals surface area contributed by atoms with E-state index < -0.39 is 41.2 Å². The minimum atomic E-state index is -4.66. The number of rotatable bonds is 10. The van der Waals surface area contributed by atoms with Crippen molar-refractivity contribution in [1.82, 2.24) is 0 Å². The van der Waals surface area contributed by atoms with Gasteiger partial charge >= 0.3 is 12.1 Å². The molecule has 0 amide bonds. The summed E-state index contributed by atoms with van der Waals surface area (Å²) in [6.07, 6.45) is -4.68. The number of benzene rings is 3. The van der Waals surface area contributed by atoms with E-state index in [2.05, 4.69) is 0 Å². The highest BCUT2D eigenvalue weighted by molar-refractivity contribution is 7.99. The average molecular weight is 512 g/mol. The Labute approximate surface area is 202 Å². The summed E-state index contributed by atoms with van der Waals surface area (Å²) in [4.78, 5) is 11.8. The maximum atomic E-state index is 14.0. The molecule has 0 fully saturated rings. The smallest absolute Gasteiger partial charge is 0.416 e. The molecule has 0 aliphatic carbocycles. The van der Waals surface area contributed by atoms with Crippen molar-refractivity contribution in [2.24, 2.45) is 0 Å².